The number of carbonyl (C=O) groups is 1. The normalized spacial score (nSPS) is 11.0. The first-order valence-corrected chi connectivity index (χ1v) is 12.6. The number of thioether (sulfide) groups is 1. The molecule has 1 aromatic heterocycles. The fourth-order valence-electron chi connectivity index (χ4n) is 2.93. The first kappa shape index (κ1) is 26.0. The van der Waals surface area contributed by atoms with Crippen molar-refractivity contribution in [2.75, 3.05) is 12.4 Å². The molecule has 2 aromatic carbocycles. The Morgan fingerprint density at radius 3 is 2.62 bits per heavy atom. The van der Waals surface area contributed by atoms with Crippen LogP contribution in [0.1, 0.15) is 29.4 Å². The number of amides is 1. The summed E-state index contributed by atoms with van der Waals surface area (Å²) in [6.07, 6.45) is 1.54. The third-order valence-electron chi connectivity index (χ3n) is 4.36. The molecular weight excluding hydrogens is 540 g/mol. The van der Waals surface area contributed by atoms with Gasteiger partial charge >= 0.3 is 0 Å². The molecule has 7 nitrogen and oxygen atoms in total. The average Bonchev–Trinajstić information content (AvgIpc) is 2.78. The van der Waals surface area contributed by atoms with Crippen LogP contribution < -0.4 is 14.9 Å². The van der Waals surface area contributed by atoms with E-state index in [0.717, 1.165) is 22.5 Å². The van der Waals surface area contributed by atoms with Crippen molar-refractivity contribution in [1.29, 1.82) is 0 Å². The van der Waals surface area contributed by atoms with Gasteiger partial charge in [0.25, 0.3) is 5.91 Å². The number of aryl methyl sites for hydroxylation is 2. The van der Waals surface area contributed by atoms with Crippen LogP contribution in [0.5, 0.6) is 11.5 Å². The molecule has 0 spiro atoms. The molecule has 0 unspecified atom stereocenters. The summed E-state index contributed by atoms with van der Waals surface area (Å²) in [5, 5.41) is 5.25. The lowest BCUT2D eigenvalue weighted by atomic mass is 10.2. The molecule has 0 aliphatic carbocycles. The quantitative estimate of drug-likeness (QED) is 0.147. The Morgan fingerprint density at radius 2 is 1.91 bits per heavy atom. The number of carbonyl (C=O) groups excluding carboxylic acids is 1. The molecule has 0 aliphatic rings. The van der Waals surface area contributed by atoms with E-state index in [2.05, 4.69) is 36.4 Å². The molecule has 3 rings (SSSR count). The Labute approximate surface area is 216 Å². The summed E-state index contributed by atoms with van der Waals surface area (Å²) >= 11 is 11.0. The highest BCUT2D eigenvalue weighted by atomic mass is 79.9. The molecule has 3 aromatic rings. The van der Waals surface area contributed by atoms with Gasteiger partial charge in [-0.2, -0.15) is 5.10 Å². The third-order valence-corrected chi connectivity index (χ3v) is 6.16. The lowest BCUT2D eigenvalue weighted by molar-refractivity contribution is -0.118. The van der Waals surface area contributed by atoms with E-state index >= 15 is 0 Å². The third kappa shape index (κ3) is 7.72. The van der Waals surface area contributed by atoms with Gasteiger partial charge in [-0.05, 0) is 66.5 Å². The van der Waals surface area contributed by atoms with Crippen molar-refractivity contribution in [1.82, 2.24) is 15.4 Å². The molecule has 0 fully saturated rings. The largest absolute Gasteiger partial charge is 0.490 e. The molecule has 1 N–H and O–H groups in total. The van der Waals surface area contributed by atoms with E-state index in [1.54, 1.807) is 12.3 Å². The summed E-state index contributed by atoms with van der Waals surface area (Å²) in [6.45, 7) is 6.44. The zero-order chi connectivity index (χ0) is 24.5. The van der Waals surface area contributed by atoms with Gasteiger partial charge in [-0.1, -0.05) is 41.6 Å². The molecule has 1 amide bonds. The topological polar surface area (TPSA) is 85.7 Å². The molecule has 0 saturated carbocycles. The van der Waals surface area contributed by atoms with Gasteiger partial charge in [-0.15, -0.1) is 0 Å². The molecule has 1 heterocycles. The van der Waals surface area contributed by atoms with Crippen molar-refractivity contribution >= 4 is 51.4 Å². The Morgan fingerprint density at radius 1 is 1.18 bits per heavy atom. The predicted octanol–water partition coefficient (Wildman–Crippen LogP) is 5.73. The standard InChI is InChI=1S/C24H24BrClN4O3S/c1-4-32-21-11-17(10-19(25)23(21)33-13-18-7-5-6-8-20(18)26)12-27-30-22(31)14-34-24-28-15(2)9-16(3)29-24/h5-12H,4,13-14H2,1-3H3,(H,30,31)/b27-12-. The first-order valence-electron chi connectivity index (χ1n) is 10.4. The van der Waals surface area contributed by atoms with Crippen LogP contribution in [0, 0.1) is 13.8 Å². The number of hydrogen-bond donors (Lipinski definition) is 1. The van der Waals surface area contributed by atoms with Crippen molar-refractivity contribution in [3.63, 3.8) is 0 Å². The highest BCUT2D eigenvalue weighted by Gasteiger charge is 2.13. The minimum Gasteiger partial charge on any atom is -0.490 e. The highest BCUT2D eigenvalue weighted by Crippen LogP contribution is 2.37. The van der Waals surface area contributed by atoms with E-state index in [4.69, 9.17) is 21.1 Å². The molecule has 0 saturated heterocycles. The van der Waals surface area contributed by atoms with Crippen LogP contribution in [0.3, 0.4) is 0 Å². The average molecular weight is 564 g/mol. The van der Waals surface area contributed by atoms with Crippen LogP contribution in [0.2, 0.25) is 5.02 Å². The predicted molar refractivity (Wildman–Crippen MR) is 139 cm³/mol. The maximum Gasteiger partial charge on any atom is 0.250 e. The Kier molecular flexibility index (Phi) is 9.74. The van der Waals surface area contributed by atoms with Gasteiger partial charge < -0.3 is 9.47 Å². The number of ether oxygens (including phenoxy) is 2. The Hall–Kier alpha value is -2.62. The number of halogens is 2. The molecule has 0 atom stereocenters. The summed E-state index contributed by atoms with van der Waals surface area (Å²) in [6, 6.07) is 13.0. The second-order valence-electron chi connectivity index (χ2n) is 7.16. The van der Waals surface area contributed by atoms with Crippen molar-refractivity contribution in [2.45, 2.75) is 32.5 Å². The lowest BCUT2D eigenvalue weighted by Crippen LogP contribution is -2.19. The maximum atomic E-state index is 12.1. The van der Waals surface area contributed by atoms with Crippen molar-refractivity contribution in [3.8, 4) is 11.5 Å². The van der Waals surface area contributed by atoms with Crippen LogP contribution in [0.4, 0.5) is 0 Å². The van der Waals surface area contributed by atoms with E-state index < -0.39 is 0 Å². The number of nitrogens with zero attached hydrogens (tertiary/aromatic N) is 3. The first-order chi connectivity index (χ1) is 16.4. The number of hydrogen-bond acceptors (Lipinski definition) is 7. The minimum atomic E-state index is -0.257. The van der Waals surface area contributed by atoms with Crippen LogP contribution in [-0.2, 0) is 11.4 Å². The van der Waals surface area contributed by atoms with E-state index in [1.165, 1.54) is 11.8 Å². The van der Waals surface area contributed by atoms with Crippen molar-refractivity contribution < 1.29 is 14.3 Å². The van der Waals surface area contributed by atoms with E-state index in [0.29, 0.717) is 39.4 Å². The van der Waals surface area contributed by atoms with Crippen molar-refractivity contribution in [2.24, 2.45) is 5.10 Å². The van der Waals surface area contributed by atoms with E-state index in [1.807, 2.05) is 57.2 Å². The van der Waals surface area contributed by atoms with Crippen LogP contribution in [-0.4, -0.2) is 34.4 Å². The van der Waals surface area contributed by atoms with Crippen molar-refractivity contribution in [3.05, 3.63) is 74.5 Å². The summed E-state index contributed by atoms with van der Waals surface area (Å²) in [5.41, 5.74) is 5.85. The fraction of sp³-hybridized carbons (Fsp3) is 0.250. The number of hydrazone groups is 1. The van der Waals surface area contributed by atoms with Crippen LogP contribution in [0.15, 0.2) is 57.2 Å². The Bertz CT molecular complexity index is 1170. The SMILES string of the molecule is CCOc1cc(/C=N\NC(=O)CSc2nc(C)cc(C)n2)cc(Br)c1OCc1ccccc1Cl. The molecule has 178 valence electrons. The zero-order valence-electron chi connectivity index (χ0n) is 19.0. The van der Waals surface area contributed by atoms with Gasteiger partial charge in [0, 0.05) is 22.0 Å². The van der Waals surface area contributed by atoms with Gasteiger partial charge in [0.05, 0.1) is 23.0 Å². The monoisotopic (exact) mass is 562 g/mol. The van der Waals surface area contributed by atoms with Gasteiger partial charge in [0.2, 0.25) is 0 Å². The molecule has 34 heavy (non-hydrogen) atoms. The molecule has 0 radical (unpaired) electrons. The van der Waals surface area contributed by atoms with Gasteiger partial charge in [-0.25, -0.2) is 15.4 Å². The van der Waals surface area contributed by atoms with Gasteiger partial charge in [0.15, 0.2) is 16.7 Å². The smallest absolute Gasteiger partial charge is 0.250 e. The second-order valence-corrected chi connectivity index (χ2v) is 9.36. The minimum absolute atomic E-state index is 0.156. The van der Waals surface area contributed by atoms with E-state index in [-0.39, 0.29) is 11.7 Å². The number of nitrogens with one attached hydrogen (secondary N) is 1. The number of aromatic nitrogens is 2. The summed E-state index contributed by atoms with van der Waals surface area (Å²) in [7, 11) is 0. The van der Waals surface area contributed by atoms with Crippen LogP contribution >= 0.6 is 39.3 Å². The molecule has 10 heteroatoms. The maximum absolute atomic E-state index is 12.1. The second kappa shape index (κ2) is 12.7. The summed E-state index contributed by atoms with van der Waals surface area (Å²) in [5.74, 6) is 1.02. The summed E-state index contributed by atoms with van der Waals surface area (Å²) < 4.78 is 12.4. The number of rotatable bonds is 10. The summed E-state index contributed by atoms with van der Waals surface area (Å²) in [4.78, 5) is 20.8. The highest BCUT2D eigenvalue weighted by molar-refractivity contribution is 9.10. The molecular formula is C24H24BrClN4O3S. The van der Waals surface area contributed by atoms with Gasteiger partial charge in [0.1, 0.15) is 6.61 Å². The molecule has 0 bridgehead atoms. The zero-order valence-corrected chi connectivity index (χ0v) is 22.1. The molecule has 0 aliphatic heterocycles. The van der Waals surface area contributed by atoms with Crippen LogP contribution in [0.25, 0.3) is 0 Å². The Balaban J connectivity index is 1.62. The van der Waals surface area contributed by atoms with E-state index in [9.17, 15) is 4.79 Å². The lowest BCUT2D eigenvalue weighted by Gasteiger charge is -2.15. The number of benzene rings is 2. The fourth-order valence-corrected chi connectivity index (χ4v) is 4.44. The van der Waals surface area contributed by atoms with Gasteiger partial charge in [-0.3, -0.25) is 4.79 Å².